The third kappa shape index (κ3) is 1.49. The van der Waals surface area contributed by atoms with Gasteiger partial charge in [-0.15, -0.1) is 0 Å². The van der Waals surface area contributed by atoms with Gasteiger partial charge in [-0.25, -0.2) is 0 Å². The normalized spacial score (nSPS) is 35.7. The van der Waals surface area contributed by atoms with Crippen molar-refractivity contribution in [2.45, 2.75) is 32.1 Å². The van der Waals surface area contributed by atoms with Crippen LogP contribution in [-0.4, -0.2) is 11.9 Å². The van der Waals surface area contributed by atoms with Crippen molar-refractivity contribution >= 4 is 11.9 Å². The lowest BCUT2D eigenvalue weighted by Gasteiger charge is -2.13. The van der Waals surface area contributed by atoms with Crippen molar-refractivity contribution in [2.24, 2.45) is 11.8 Å². The number of carbonyl (C=O) groups is 2. The molecule has 0 aromatic heterocycles. The van der Waals surface area contributed by atoms with Gasteiger partial charge in [-0.1, -0.05) is 0 Å². The molecule has 0 amide bonds. The molecule has 2 bridgehead atoms. The van der Waals surface area contributed by atoms with Crippen molar-refractivity contribution in [3.05, 3.63) is 0 Å². The quantitative estimate of drug-likeness (QED) is 0.404. The highest BCUT2D eigenvalue weighted by Gasteiger charge is 2.32. The standard InChI is InChI=1S/C9H12O3/c10-8-4-6-1-2-7(3-6)5-9(11)12-8/h6-7H,1-5H2. The zero-order chi connectivity index (χ0) is 8.55. The van der Waals surface area contributed by atoms with E-state index in [1.807, 2.05) is 0 Å². The van der Waals surface area contributed by atoms with Crippen molar-refractivity contribution < 1.29 is 14.3 Å². The maximum Gasteiger partial charge on any atom is 0.313 e. The molecule has 2 atom stereocenters. The summed E-state index contributed by atoms with van der Waals surface area (Å²) in [6.45, 7) is 0. The predicted octanol–water partition coefficient (Wildman–Crippen LogP) is 1.27. The molecule has 2 rings (SSSR count). The van der Waals surface area contributed by atoms with E-state index >= 15 is 0 Å². The zero-order valence-electron chi connectivity index (χ0n) is 6.91. The Hall–Kier alpha value is -0.860. The first-order valence-corrected chi connectivity index (χ1v) is 4.47. The molecule has 2 fully saturated rings. The van der Waals surface area contributed by atoms with Crippen LogP contribution in [0.2, 0.25) is 0 Å². The van der Waals surface area contributed by atoms with E-state index in [2.05, 4.69) is 4.74 Å². The van der Waals surface area contributed by atoms with E-state index in [9.17, 15) is 9.59 Å². The summed E-state index contributed by atoms with van der Waals surface area (Å²) in [6, 6.07) is 0. The van der Waals surface area contributed by atoms with Gasteiger partial charge in [0.15, 0.2) is 0 Å². The highest BCUT2D eigenvalue weighted by atomic mass is 16.6. The molecule has 0 N–H and O–H groups in total. The van der Waals surface area contributed by atoms with Crippen LogP contribution in [0.5, 0.6) is 0 Å². The van der Waals surface area contributed by atoms with E-state index in [0.29, 0.717) is 24.7 Å². The summed E-state index contributed by atoms with van der Waals surface area (Å²) in [5, 5.41) is 0. The summed E-state index contributed by atoms with van der Waals surface area (Å²) in [4.78, 5) is 22.0. The number of rotatable bonds is 0. The number of cyclic esters (lactones) is 2. The number of esters is 2. The van der Waals surface area contributed by atoms with Gasteiger partial charge in [-0.2, -0.15) is 0 Å². The van der Waals surface area contributed by atoms with Gasteiger partial charge in [0, 0.05) is 12.8 Å². The molecular weight excluding hydrogens is 156 g/mol. The van der Waals surface area contributed by atoms with Gasteiger partial charge in [0.2, 0.25) is 0 Å². The van der Waals surface area contributed by atoms with Crippen molar-refractivity contribution in [1.29, 1.82) is 0 Å². The summed E-state index contributed by atoms with van der Waals surface area (Å²) in [6.07, 6.45) is 4.12. The smallest absolute Gasteiger partial charge is 0.313 e. The molecule has 0 spiro atoms. The van der Waals surface area contributed by atoms with Gasteiger partial charge < -0.3 is 4.74 Å². The number of carbonyl (C=O) groups excluding carboxylic acids is 2. The predicted molar refractivity (Wildman–Crippen MR) is 41.2 cm³/mol. The van der Waals surface area contributed by atoms with Gasteiger partial charge >= 0.3 is 11.9 Å². The minimum atomic E-state index is -0.328. The number of fused-ring (bicyclic) bond motifs is 2. The Morgan fingerprint density at radius 2 is 1.50 bits per heavy atom. The largest absolute Gasteiger partial charge is 0.393 e. The summed E-state index contributed by atoms with van der Waals surface area (Å²) < 4.78 is 4.59. The monoisotopic (exact) mass is 168 g/mol. The zero-order valence-corrected chi connectivity index (χ0v) is 6.91. The van der Waals surface area contributed by atoms with Crippen molar-refractivity contribution in [3.63, 3.8) is 0 Å². The fourth-order valence-corrected chi connectivity index (χ4v) is 2.23. The summed E-state index contributed by atoms with van der Waals surface area (Å²) >= 11 is 0. The Morgan fingerprint density at radius 3 is 2.00 bits per heavy atom. The Kier molecular flexibility index (Phi) is 1.87. The van der Waals surface area contributed by atoms with E-state index in [1.54, 1.807) is 0 Å². The molecule has 0 radical (unpaired) electrons. The fraction of sp³-hybridized carbons (Fsp3) is 0.778. The number of ether oxygens (including phenoxy) is 1. The van der Waals surface area contributed by atoms with Crippen LogP contribution in [0.1, 0.15) is 32.1 Å². The molecule has 0 aromatic carbocycles. The van der Waals surface area contributed by atoms with E-state index < -0.39 is 0 Å². The topological polar surface area (TPSA) is 43.4 Å². The second kappa shape index (κ2) is 2.88. The highest BCUT2D eigenvalue weighted by molar-refractivity contribution is 5.86. The minimum absolute atomic E-state index is 0.328. The third-order valence-corrected chi connectivity index (χ3v) is 2.79. The Morgan fingerprint density at radius 1 is 1.00 bits per heavy atom. The Balaban J connectivity index is 2.08. The van der Waals surface area contributed by atoms with E-state index in [1.165, 1.54) is 0 Å². The SMILES string of the molecule is O=C1CC2CCC(CC(=O)O1)C2. The molecule has 66 valence electrons. The molecule has 1 aliphatic heterocycles. The average Bonchev–Trinajstić information content (AvgIpc) is 2.33. The molecule has 1 saturated heterocycles. The highest BCUT2D eigenvalue weighted by Crippen LogP contribution is 2.36. The minimum Gasteiger partial charge on any atom is -0.393 e. The lowest BCUT2D eigenvalue weighted by atomic mass is 9.98. The van der Waals surface area contributed by atoms with E-state index in [0.717, 1.165) is 19.3 Å². The summed E-state index contributed by atoms with van der Waals surface area (Å²) in [7, 11) is 0. The van der Waals surface area contributed by atoms with Crippen molar-refractivity contribution in [2.75, 3.05) is 0 Å². The lowest BCUT2D eigenvalue weighted by molar-refractivity contribution is -0.161. The van der Waals surface area contributed by atoms with Gasteiger partial charge in [0.05, 0.1) is 0 Å². The Bertz CT molecular complexity index is 200. The molecule has 12 heavy (non-hydrogen) atoms. The molecule has 2 unspecified atom stereocenters. The molecular formula is C9H12O3. The molecule has 1 saturated carbocycles. The Labute approximate surface area is 71.1 Å². The molecule has 3 heteroatoms. The molecule has 1 aliphatic carbocycles. The molecule has 1 heterocycles. The van der Waals surface area contributed by atoms with Crippen LogP contribution in [0.25, 0.3) is 0 Å². The maximum absolute atomic E-state index is 11.0. The van der Waals surface area contributed by atoms with Gasteiger partial charge in [-0.3, -0.25) is 9.59 Å². The first-order valence-electron chi connectivity index (χ1n) is 4.47. The number of hydrogen-bond acceptors (Lipinski definition) is 3. The third-order valence-electron chi connectivity index (χ3n) is 2.79. The van der Waals surface area contributed by atoms with Crippen LogP contribution < -0.4 is 0 Å². The first-order chi connectivity index (χ1) is 5.74. The average molecular weight is 168 g/mol. The van der Waals surface area contributed by atoms with Gasteiger partial charge in [0.1, 0.15) is 0 Å². The van der Waals surface area contributed by atoms with Crippen molar-refractivity contribution in [3.8, 4) is 0 Å². The molecule has 2 aliphatic rings. The van der Waals surface area contributed by atoms with Crippen molar-refractivity contribution in [1.82, 2.24) is 0 Å². The summed E-state index contributed by atoms with van der Waals surface area (Å²) in [5.74, 6) is 0.307. The van der Waals surface area contributed by atoms with Gasteiger partial charge in [0.25, 0.3) is 0 Å². The fourth-order valence-electron chi connectivity index (χ4n) is 2.23. The lowest BCUT2D eigenvalue weighted by Crippen LogP contribution is -2.19. The maximum atomic E-state index is 11.0. The second-order valence-electron chi connectivity index (χ2n) is 3.80. The van der Waals surface area contributed by atoms with Gasteiger partial charge in [-0.05, 0) is 31.1 Å². The van der Waals surface area contributed by atoms with E-state index in [4.69, 9.17) is 0 Å². The van der Waals surface area contributed by atoms with Crippen LogP contribution >= 0.6 is 0 Å². The summed E-state index contributed by atoms with van der Waals surface area (Å²) in [5.41, 5.74) is 0. The second-order valence-corrected chi connectivity index (χ2v) is 3.80. The first kappa shape index (κ1) is 7.77. The van der Waals surface area contributed by atoms with Crippen LogP contribution in [0.3, 0.4) is 0 Å². The molecule has 3 nitrogen and oxygen atoms in total. The van der Waals surface area contributed by atoms with Crippen LogP contribution in [0.4, 0.5) is 0 Å². The van der Waals surface area contributed by atoms with E-state index in [-0.39, 0.29) is 11.9 Å². The molecule has 0 aromatic rings. The van der Waals surface area contributed by atoms with Crippen LogP contribution in [-0.2, 0) is 14.3 Å². The number of hydrogen-bond donors (Lipinski definition) is 0. The van der Waals surface area contributed by atoms with Crippen LogP contribution in [0, 0.1) is 11.8 Å². The van der Waals surface area contributed by atoms with Crippen LogP contribution in [0.15, 0.2) is 0 Å².